The molecule has 0 saturated carbocycles. The Hall–Kier alpha value is -2.06. The summed E-state index contributed by atoms with van der Waals surface area (Å²) in [5, 5.41) is 15.0. The molecular weight excluding hydrogens is 336 g/mol. The van der Waals surface area contributed by atoms with E-state index >= 15 is 0 Å². The van der Waals surface area contributed by atoms with Gasteiger partial charge in [-0.3, -0.25) is 14.9 Å². The molecule has 23 heavy (non-hydrogen) atoms. The highest BCUT2D eigenvalue weighted by Gasteiger charge is 2.21. The molecule has 1 aromatic carbocycles. The lowest BCUT2D eigenvalue weighted by molar-refractivity contribution is -0.382. The molecule has 0 spiro atoms. The molecule has 0 fully saturated rings. The van der Waals surface area contributed by atoms with Gasteiger partial charge < -0.3 is 10.1 Å². The largest absolute Gasteiger partial charge is 0.497 e. The number of nitrogens with zero attached hydrogens (tertiary/aromatic N) is 1. The van der Waals surface area contributed by atoms with Crippen molar-refractivity contribution < 1.29 is 14.5 Å². The third-order valence-corrected chi connectivity index (χ3v) is 5.22. The lowest BCUT2D eigenvalue weighted by atomic mass is 10.2. The van der Waals surface area contributed by atoms with Crippen LogP contribution in [0.2, 0.25) is 0 Å². The molecule has 1 N–H and O–H groups in total. The van der Waals surface area contributed by atoms with Crippen LogP contribution in [0.5, 0.6) is 5.75 Å². The van der Waals surface area contributed by atoms with Crippen molar-refractivity contribution in [1.82, 2.24) is 5.32 Å². The number of hydrogen-bond acceptors (Lipinski definition) is 6. The maximum Gasteiger partial charge on any atom is 0.337 e. The fourth-order valence-electron chi connectivity index (χ4n) is 1.83. The third kappa shape index (κ3) is 4.70. The standard InChI is InChI=1S/C15H16N2O4S2/c1-10(23-13-7-8-22-15(13)17(19)20)14(18)16-9-11-3-5-12(21-2)6-4-11/h3-8,10H,9H2,1-2H3,(H,16,18)/t10-/m0/s1. The SMILES string of the molecule is COc1ccc(CNC(=O)[C@H](C)Sc2ccsc2[N+](=O)[O-])cc1. The number of thioether (sulfide) groups is 1. The van der Waals surface area contributed by atoms with E-state index in [0.29, 0.717) is 11.4 Å². The first-order valence-corrected chi connectivity index (χ1v) is 8.56. The first kappa shape index (κ1) is 17.3. The Bertz CT molecular complexity index is 685. The number of nitro groups is 1. The van der Waals surface area contributed by atoms with Gasteiger partial charge in [0.25, 0.3) is 0 Å². The van der Waals surface area contributed by atoms with E-state index in [4.69, 9.17) is 4.74 Å². The average molecular weight is 352 g/mol. The van der Waals surface area contributed by atoms with E-state index in [1.165, 1.54) is 11.8 Å². The number of ether oxygens (including phenoxy) is 1. The fourth-order valence-corrected chi connectivity index (χ4v) is 3.70. The minimum atomic E-state index is -0.422. The van der Waals surface area contributed by atoms with Crippen LogP contribution in [-0.2, 0) is 11.3 Å². The predicted molar refractivity (Wildman–Crippen MR) is 91.1 cm³/mol. The monoisotopic (exact) mass is 352 g/mol. The predicted octanol–water partition coefficient (Wildman–Crippen LogP) is 3.46. The number of benzene rings is 1. The summed E-state index contributed by atoms with van der Waals surface area (Å²) in [6.07, 6.45) is 0. The van der Waals surface area contributed by atoms with Crippen LogP contribution in [0.15, 0.2) is 40.6 Å². The number of hydrogen-bond donors (Lipinski definition) is 1. The van der Waals surface area contributed by atoms with Crippen molar-refractivity contribution in [3.05, 3.63) is 51.4 Å². The van der Waals surface area contributed by atoms with Gasteiger partial charge in [0.1, 0.15) is 5.75 Å². The summed E-state index contributed by atoms with van der Waals surface area (Å²) in [4.78, 5) is 23.1. The van der Waals surface area contributed by atoms with Gasteiger partial charge in [0.2, 0.25) is 5.91 Å². The van der Waals surface area contributed by atoms with Crippen LogP contribution in [0.25, 0.3) is 0 Å². The van der Waals surface area contributed by atoms with Gasteiger partial charge in [-0.05, 0) is 36.1 Å². The van der Waals surface area contributed by atoms with Crippen LogP contribution in [0.4, 0.5) is 5.00 Å². The molecule has 1 aromatic heterocycles. The van der Waals surface area contributed by atoms with Crippen molar-refractivity contribution in [1.29, 1.82) is 0 Å². The zero-order valence-electron chi connectivity index (χ0n) is 12.6. The van der Waals surface area contributed by atoms with Gasteiger partial charge in [0.15, 0.2) is 0 Å². The molecule has 0 unspecified atom stereocenters. The molecule has 0 aliphatic rings. The Labute approximate surface area is 142 Å². The van der Waals surface area contributed by atoms with E-state index < -0.39 is 10.2 Å². The van der Waals surface area contributed by atoms with Gasteiger partial charge in [-0.15, -0.1) is 11.8 Å². The number of nitrogens with one attached hydrogen (secondary N) is 1. The maximum atomic E-state index is 12.1. The molecule has 0 bridgehead atoms. The molecule has 1 heterocycles. The first-order valence-electron chi connectivity index (χ1n) is 6.80. The topological polar surface area (TPSA) is 81.5 Å². The van der Waals surface area contributed by atoms with Crippen molar-refractivity contribution in [3.8, 4) is 5.75 Å². The van der Waals surface area contributed by atoms with Crippen molar-refractivity contribution in [2.45, 2.75) is 23.6 Å². The van der Waals surface area contributed by atoms with Gasteiger partial charge in [0, 0.05) is 6.54 Å². The summed E-state index contributed by atoms with van der Waals surface area (Å²) >= 11 is 2.25. The number of amides is 1. The van der Waals surface area contributed by atoms with Gasteiger partial charge >= 0.3 is 5.00 Å². The highest BCUT2D eigenvalue weighted by molar-refractivity contribution is 8.00. The van der Waals surface area contributed by atoms with E-state index in [0.717, 1.165) is 22.6 Å². The number of carbonyl (C=O) groups is 1. The minimum absolute atomic E-state index is 0.0739. The van der Waals surface area contributed by atoms with Crippen LogP contribution in [0.3, 0.4) is 0 Å². The molecule has 1 amide bonds. The summed E-state index contributed by atoms with van der Waals surface area (Å²) in [6, 6.07) is 9.07. The third-order valence-electron chi connectivity index (χ3n) is 3.07. The zero-order chi connectivity index (χ0) is 16.8. The van der Waals surface area contributed by atoms with Crippen molar-refractivity contribution >= 4 is 34.0 Å². The quantitative estimate of drug-likeness (QED) is 0.469. The summed E-state index contributed by atoms with van der Waals surface area (Å²) in [6.45, 7) is 2.13. The van der Waals surface area contributed by atoms with Gasteiger partial charge in [0.05, 0.1) is 22.2 Å². The Morgan fingerprint density at radius 1 is 1.39 bits per heavy atom. The Balaban J connectivity index is 1.89. The van der Waals surface area contributed by atoms with E-state index in [1.54, 1.807) is 25.5 Å². The second kappa shape index (κ2) is 7.98. The van der Waals surface area contributed by atoms with Crippen LogP contribution >= 0.6 is 23.1 Å². The van der Waals surface area contributed by atoms with E-state index in [9.17, 15) is 14.9 Å². The molecule has 0 aliphatic heterocycles. The highest BCUT2D eigenvalue weighted by atomic mass is 32.2. The Morgan fingerprint density at radius 3 is 2.70 bits per heavy atom. The van der Waals surface area contributed by atoms with Crippen LogP contribution in [0.1, 0.15) is 12.5 Å². The molecule has 0 aliphatic carbocycles. The fraction of sp³-hybridized carbons (Fsp3) is 0.267. The second-order valence-electron chi connectivity index (χ2n) is 4.67. The summed E-state index contributed by atoms with van der Waals surface area (Å²) in [5.74, 6) is 0.597. The van der Waals surface area contributed by atoms with E-state index in [1.807, 2.05) is 24.3 Å². The highest BCUT2D eigenvalue weighted by Crippen LogP contribution is 2.36. The molecule has 122 valence electrons. The molecule has 0 radical (unpaired) electrons. The molecular formula is C15H16N2O4S2. The molecule has 8 heteroatoms. The van der Waals surface area contributed by atoms with Crippen LogP contribution in [-0.4, -0.2) is 23.2 Å². The Kier molecular flexibility index (Phi) is 6.00. The molecule has 2 rings (SSSR count). The average Bonchev–Trinajstić information content (AvgIpc) is 3.01. The summed E-state index contributed by atoms with van der Waals surface area (Å²) in [5.41, 5.74) is 0.956. The summed E-state index contributed by atoms with van der Waals surface area (Å²) in [7, 11) is 1.60. The van der Waals surface area contributed by atoms with Gasteiger partial charge in [-0.1, -0.05) is 23.5 Å². The molecule has 6 nitrogen and oxygen atoms in total. The number of rotatable bonds is 7. The lowest BCUT2D eigenvalue weighted by Gasteiger charge is -2.11. The van der Waals surface area contributed by atoms with E-state index in [-0.39, 0.29) is 10.9 Å². The van der Waals surface area contributed by atoms with Gasteiger partial charge in [-0.2, -0.15) is 0 Å². The van der Waals surface area contributed by atoms with Crippen LogP contribution < -0.4 is 10.1 Å². The number of carbonyl (C=O) groups excluding carboxylic acids is 1. The number of thiophene rings is 1. The van der Waals surface area contributed by atoms with Crippen molar-refractivity contribution in [2.24, 2.45) is 0 Å². The molecule has 2 aromatic rings. The number of methoxy groups -OCH3 is 1. The lowest BCUT2D eigenvalue weighted by Crippen LogP contribution is -2.30. The normalized spacial score (nSPS) is 11.7. The zero-order valence-corrected chi connectivity index (χ0v) is 14.3. The summed E-state index contributed by atoms with van der Waals surface area (Å²) < 4.78 is 5.08. The molecule has 0 saturated heterocycles. The second-order valence-corrected chi connectivity index (χ2v) is 6.95. The minimum Gasteiger partial charge on any atom is -0.497 e. The smallest absolute Gasteiger partial charge is 0.337 e. The van der Waals surface area contributed by atoms with Crippen molar-refractivity contribution in [2.75, 3.05) is 7.11 Å². The molecule has 1 atom stereocenters. The van der Waals surface area contributed by atoms with E-state index in [2.05, 4.69) is 5.32 Å². The Morgan fingerprint density at radius 2 is 2.09 bits per heavy atom. The van der Waals surface area contributed by atoms with Crippen molar-refractivity contribution in [3.63, 3.8) is 0 Å². The van der Waals surface area contributed by atoms with Gasteiger partial charge in [-0.25, -0.2) is 0 Å². The first-order chi connectivity index (χ1) is 11.0. The maximum absolute atomic E-state index is 12.1. The van der Waals surface area contributed by atoms with Crippen LogP contribution in [0, 0.1) is 10.1 Å².